The number of rotatable bonds is 19. The number of methoxy groups -OCH3 is 1. The molecule has 0 aromatic rings. The minimum Gasteiger partial charge on any atom is -0.336 e. The first-order valence-corrected chi connectivity index (χ1v) is 13.8. The van der Waals surface area contributed by atoms with Gasteiger partial charge in [-0.1, -0.05) is 70.4 Å². The number of ether oxygens (including phenoxy) is 1. The highest BCUT2D eigenvalue weighted by atomic mass is 33.1. The monoisotopic (exact) mass is 405 g/mol. The van der Waals surface area contributed by atoms with Crippen LogP contribution in [0.2, 0.25) is 0 Å². The van der Waals surface area contributed by atoms with Crippen LogP contribution in [0, 0.1) is 0 Å². The minimum atomic E-state index is 0.200. The molecule has 0 spiro atoms. The maximum atomic E-state index is 6.24. The van der Waals surface area contributed by atoms with Gasteiger partial charge in [-0.05, 0) is 25.8 Å². The highest BCUT2D eigenvalue weighted by Crippen LogP contribution is 2.23. The first-order chi connectivity index (χ1) is 12.7. The highest BCUT2D eigenvalue weighted by Gasteiger charge is 2.28. The summed E-state index contributed by atoms with van der Waals surface area (Å²) in [5.74, 6) is 1.24. The van der Waals surface area contributed by atoms with E-state index in [0.717, 1.165) is 19.4 Å². The quantitative estimate of drug-likeness (QED) is 0.131. The second kappa shape index (κ2) is 20.1. The van der Waals surface area contributed by atoms with Gasteiger partial charge in [-0.15, -0.1) is 0 Å². The fraction of sp³-hybridized carbons (Fsp3) is 0.905. The molecule has 0 aliphatic heterocycles. The van der Waals surface area contributed by atoms with E-state index in [9.17, 15) is 0 Å². The topological polar surface area (TPSA) is 61.3 Å². The molecule has 4 N–H and O–H groups in total. The summed E-state index contributed by atoms with van der Waals surface area (Å²) in [7, 11) is 4.08. The number of hydrogen-bond acceptors (Lipinski definition) is 4. The van der Waals surface area contributed by atoms with Crippen LogP contribution in [0.4, 0.5) is 0 Å². The zero-order valence-electron chi connectivity index (χ0n) is 17.6. The van der Waals surface area contributed by atoms with Crippen LogP contribution in [0.5, 0.6) is 0 Å². The van der Waals surface area contributed by atoms with E-state index in [1.54, 1.807) is 0 Å². The van der Waals surface area contributed by atoms with Crippen molar-refractivity contribution in [2.45, 2.75) is 95.5 Å². The molecule has 0 saturated carbocycles. The van der Waals surface area contributed by atoms with Gasteiger partial charge in [0, 0.05) is 25.8 Å². The Balaban J connectivity index is 3.68. The molecule has 0 heterocycles. The second-order valence-corrected chi connectivity index (χ2v) is 11.3. The Morgan fingerprint density at radius 2 is 1.58 bits per heavy atom. The van der Waals surface area contributed by atoms with Gasteiger partial charge in [-0.25, -0.2) is 0 Å². The zero-order valence-corrected chi connectivity index (χ0v) is 19.2. The molecule has 0 bridgehead atoms. The van der Waals surface area contributed by atoms with E-state index >= 15 is 0 Å². The van der Waals surface area contributed by atoms with Crippen LogP contribution in [-0.4, -0.2) is 37.1 Å². The van der Waals surface area contributed by atoms with Gasteiger partial charge in [0.25, 0.3) is 0 Å². The van der Waals surface area contributed by atoms with Crippen LogP contribution in [0.15, 0.2) is 12.2 Å². The van der Waals surface area contributed by atoms with Crippen molar-refractivity contribution >= 4 is 20.7 Å². The Hall–Kier alpha value is 0.320. The molecule has 3 atom stereocenters. The molecule has 0 amide bonds. The Labute approximate surface area is 170 Å². The maximum Gasteiger partial charge on any atom is 0.233 e. The Morgan fingerprint density at radius 1 is 1.00 bits per heavy atom. The summed E-state index contributed by atoms with van der Waals surface area (Å²) < 4.78 is 5.70. The Bertz CT molecular complexity index is 316. The van der Waals surface area contributed by atoms with Crippen molar-refractivity contribution in [3.63, 3.8) is 0 Å². The van der Waals surface area contributed by atoms with E-state index in [4.69, 9.17) is 16.2 Å². The smallest absolute Gasteiger partial charge is 0.233 e. The van der Waals surface area contributed by atoms with Crippen molar-refractivity contribution < 1.29 is 4.74 Å². The fourth-order valence-corrected chi connectivity index (χ4v) is 6.76. The molecule has 0 fully saturated rings. The van der Waals surface area contributed by atoms with Crippen LogP contribution in [0.3, 0.4) is 0 Å². The van der Waals surface area contributed by atoms with Gasteiger partial charge in [-0.2, -0.15) is 0 Å². The third kappa shape index (κ3) is 15.4. The summed E-state index contributed by atoms with van der Waals surface area (Å²) >= 11 is 0. The average molecular weight is 406 g/mol. The summed E-state index contributed by atoms with van der Waals surface area (Å²) in [5.41, 5.74) is 12.1. The zero-order chi connectivity index (χ0) is 19.5. The van der Waals surface area contributed by atoms with Crippen LogP contribution in [-0.2, 0) is 14.7 Å². The third-order valence-electron chi connectivity index (χ3n) is 4.63. The van der Waals surface area contributed by atoms with Crippen LogP contribution in [0.25, 0.3) is 0 Å². The van der Waals surface area contributed by atoms with E-state index in [0.29, 0.717) is 15.4 Å². The molecule has 0 rings (SSSR count). The predicted molar refractivity (Wildman–Crippen MR) is 124 cm³/mol. The lowest BCUT2D eigenvalue weighted by Gasteiger charge is -2.13. The summed E-state index contributed by atoms with van der Waals surface area (Å²) in [6.07, 6.45) is 21.8. The Kier molecular flexibility index (Phi) is 20.3. The molecule has 0 aromatic heterocycles. The molecule has 0 aromatic carbocycles. The summed E-state index contributed by atoms with van der Waals surface area (Å²) in [6.45, 7) is 3.09. The van der Waals surface area contributed by atoms with Crippen LogP contribution < -0.4 is 11.5 Å². The molecule has 0 aliphatic rings. The minimum absolute atomic E-state index is 0.200. The van der Waals surface area contributed by atoms with Gasteiger partial charge in [-0.3, -0.25) is 0 Å². The molecule has 5 heteroatoms. The number of unbranched alkanes of at least 4 members (excludes halogenated alkanes) is 8. The van der Waals surface area contributed by atoms with Crippen molar-refractivity contribution in [2.24, 2.45) is 11.5 Å². The molecule has 0 aliphatic carbocycles. The Morgan fingerprint density at radius 3 is 2.08 bits per heavy atom. The predicted octanol–water partition coefficient (Wildman–Crippen LogP) is 5.40. The average Bonchev–Trinajstić information content (AvgIpc) is 2.65. The normalized spacial score (nSPS) is 15.4. The fourth-order valence-electron chi connectivity index (χ4n) is 3.06. The van der Waals surface area contributed by atoms with Crippen LogP contribution in [0.1, 0.15) is 84.0 Å². The van der Waals surface area contributed by atoms with Gasteiger partial charge >= 0.3 is 0 Å². The van der Waals surface area contributed by atoms with Gasteiger partial charge in [0.15, 0.2) is 0 Å². The van der Waals surface area contributed by atoms with Gasteiger partial charge in [0.05, 0.1) is 20.7 Å². The van der Waals surface area contributed by atoms with E-state index in [1.165, 1.54) is 70.0 Å². The molecule has 3 unspecified atom stereocenters. The molecule has 0 saturated heterocycles. The van der Waals surface area contributed by atoms with E-state index in [-0.39, 0.29) is 6.04 Å². The van der Waals surface area contributed by atoms with E-state index in [1.807, 2.05) is 17.9 Å². The lowest BCUT2D eigenvalue weighted by atomic mass is 10.0. The van der Waals surface area contributed by atoms with Gasteiger partial charge in [0.2, 0.25) is 5.44 Å². The van der Waals surface area contributed by atoms with Crippen molar-refractivity contribution in [1.29, 1.82) is 0 Å². The van der Waals surface area contributed by atoms with Gasteiger partial charge in [0.1, 0.15) is 5.75 Å². The molecular formula is C21H45N2OS2+. The molecule has 0 radical (unpaired) electrons. The summed E-state index contributed by atoms with van der Waals surface area (Å²) in [5, 5.41) is 0. The van der Waals surface area contributed by atoms with E-state index < -0.39 is 0 Å². The highest BCUT2D eigenvalue weighted by molar-refractivity contribution is 8.74. The maximum absolute atomic E-state index is 6.24. The van der Waals surface area contributed by atoms with Crippen molar-refractivity contribution in [2.75, 3.05) is 25.7 Å². The lowest BCUT2D eigenvalue weighted by molar-refractivity contribution is 0.174. The lowest BCUT2D eigenvalue weighted by Crippen LogP contribution is -2.23. The van der Waals surface area contributed by atoms with Gasteiger partial charge < -0.3 is 16.2 Å². The van der Waals surface area contributed by atoms with Crippen molar-refractivity contribution in [3.05, 3.63) is 12.2 Å². The third-order valence-corrected chi connectivity index (χ3v) is 9.27. The molecule has 26 heavy (non-hydrogen) atoms. The first-order valence-electron chi connectivity index (χ1n) is 10.6. The molecule has 156 valence electrons. The van der Waals surface area contributed by atoms with Crippen molar-refractivity contribution in [3.8, 4) is 0 Å². The van der Waals surface area contributed by atoms with Crippen molar-refractivity contribution in [1.82, 2.24) is 0 Å². The molecular weight excluding hydrogens is 360 g/mol. The largest absolute Gasteiger partial charge is 0.336 e. The first kappa shape index (κ1) is 26.3. The number of nitrogens with two attached hydrogens (primary N) is 2. The van der Waals surface area contributed by atoms with E-state index in [2.05, 4.69) is 25.3 Å². The second-order valence-electron chi connectivity index (χ2n) is 7.00. The van der Waals surface area contributed by atoms with Crippen LogP contribution >= 0.6 is 10.8 Å². The summed E-state index contributed by atoms with van der Waals surface area (Å²) in [4.78, 5) is 0. The SMILES string of the molecule is CCC[S+](SC)C(CC=CC(N)CCCCCCCCCCCN)OC. The molecule has 3 nitrogen and oxygen atoms in total. The number of hydrogen-bond donors (Lipinski definition) is 2. The standard InChI is InChI=1S/C21H45N2OS2/c1-4-19-26(25-3)21(24-2)17-14-16-20(23)15-12-10-8-6-5-7-9-11-13-18-22/h14,16,20-21H,4-13,15,17-19,22-23H2,1-3H3/q+1. The summed E-state index contributed by atoms with van der Waals surface area (Å²) in [6, 6.07) is 0.200.